The fourth-order valence-corrected chi connectivity index (χ4v) is 10.0. The number of rotatable bonds is 3. The molecule has 0 spiro atoms. The summed E-state index contributed by atoms with van der Waals surface area (Å²) in [7, 11) is 0. The number of nitrogens with one attached hydrogen (secondary N) is 2. The predicted molar refractivity (Wildman–Crippen MR) is 126 cm³/mol. The largest absolute Gasteiger partial charge is 0.325 e. The van der Waals surface area contributed by atoms with E-state index in [1.54, 1.807) is 36.0 Å². The third kappa shape index (κ3) is 3.01. The Labute approximate surface area is 203 Å². The molecule has 2 aromatic rings. The molecule has 2 aliphatic carbocycles. The number of carbonyl (C=O) groups is 3. The molecule has 2 saturated carbocycles. The van der Waals surface area contributed by atoms with Gasteiger partial charge in [-0.1, -0.05) is 36.8 Å². The molecule has 33 heavy (non-hydrogen) atoms. The summed E-state index contributed by atoms with van der Waals surface area (Å²) in [5.41, 5.74) is 0.315. The lowest BCUT2D eigenvalue weighted by molar-refractivity contribution is -0.143. The second kappa shape index (κ2) is 7.20. The lowest BCUT2D eigenvalue weighted by Gasteiger charge is -2.47. The zero-order valence-electron chi connectivity index (χ0n) is 18.0. The number of aromatic amines is 1. The maximum atomic E-state index is 13.4. The number of nitrogens with zero attached hydrogens (tertiary/aromatic N) is 1. The zero-order chi connectivity index (χ0) is 23.2. The maximum absolute atomic E-state index is 13.4. The van der Waals surface area contributed by atoms with E-state index in [1.807, 2.05) is 0 Å². The van der Waals surface area contributed by atoms with E-state index in [-0.39, 0.29) is 63.5 Å². The van der Waals surface area contributed by atoms with Gasteiger partial charge in [0.25, 0.3) is 0 Å². The van der Waals surface area contributed by atoms with E-state index in [4.69, 9.17) is 11.6 Å². The number of fused-ring (bicyclic) bond motifs is 9. The van der Waals surface area contributed by atoms with Crippen LogP contribution in [0.5, 0.6) is 0 Å². The molecule has 6 rings (SSSR count). The molecule has 2 N–H and O–H groups in total. The van der Waals surface area contributed by atoms with Crippen LogP contribution < -0.4 is 10.2 Å². The minimum Gasteiger partial charge on any atom is -0.325 e. The average Bonchev–Trinajstić information content (AvgIpc) is 3.48. The van der Waals surface area contributed by atoms with Crippen molar-refractivity contribution >= 4 is 58.1 Å². The first kappa shape index (κ1) is 21.4. The summed E-state index contributed by atoms with van der Waals surface area (Å²) in [6.07, 6.45) is 0.850. The molecule has 7 nitrogen and oxygen atoms in total. The molecule has 2 aliphatic heterocycles. The highest BCUT2D eigenvalue weighted by Gasteiger charge is 2.70. The summed E-state index contributed by atoms with van der Waals surface area (Å²) in [5, 5.41) is 4.39. The van der Waals surface area contributed by atoms with Gasteiger partial charge in [-0.05, 0) is 48.4 Å². The van der Waals surface area contributed by atoms with Crippen LogP contribution in [0.2, 0.25) is 5.02 Å². The predicted octanol–water partition coefficient (Wildman–Crippen LogP) is 3.35. The summed E-state index contributed by atoms with van der Waals surface area (Å²) >= 11 is 8.81. The Morgan fingerprint density at radius 3 is 2.52 bits per heavy atom. The smallest absolute Gasteiger partial charge is 0.305 e. The van der Waals surface area contributed by atoms with E-state index < -0.39 is 5.91 Å². The van der Waals surface area contributed by atoms with Crippen molar-refractivity contribution < 1.29 is 14.4 Å². The highest BCUT2D eigenvalue weighted by molar-refractivity contribution is 8.00. The highest BCUT2D eigenvalue weighted by Crippen LogP contribution is 2.68. The molecule has 3 amide bonds. The molecule has 172 valence electrons. The van der Waals surface area contributed by atoms with Crippen LogP contribution in [0.4, 0.5) is 5.69 Å². The van der Waals surface area contributed by atoms with Crippen LogP contribution in [0, 0.1) is 29.6 Å². The molecule has 3 fully saturated rings. The first-order chi connectivity index (χ1) is 15.7. The number of thiazole rings is 1. The highest BCUT2D eigenvalue weighted by atomic mass is 35.5. The standard InChI is InChI=1S/C23H22ClN3O4S2/c1-23(2)16-11-7-12(17(16)32-19-18(23)33-22(31)26-19)15-14(11)20(29)27(21(15)30)8-13(28)25-10-5-3-9(24)4-6-10/h3-6,11-12,14-17H,7-8H2,1-2H3,(H,25,28)(H,26,31)/t11-,12-,14+,15-,16+,17+/m0/s1. The molecule has 1 saturated heterocycles. The van der Waals surface area contributed by atoms with Gasteiger partial charge in [-0.2, -0.15) is 0 Å². The SMILES string of the molecule is CC1(C)c2sc(=O)[nH]c2S[C@@H]2[C@H]3C[C@@H]([C@H]4C(=O)N(CC(=O)Nc5ccc(Cl)cc5)C(=O)[C@@H]34)[C@H]21. The molecule has 3 heterocycles. The fraction of sp³-hybridized carbons (Fsp3) is 0.478. The van der Waals surface area contributed by atoms with E-state index in [0.29, 0.717) is 10.7 Å². The lowest BCUT2D eigenvalue weighted by atomic mass is 9.64. The minimum atomic E-state index is -0.404. The zero-order valence-corrected chi connectivity index (χ0v) is 20.4. The quantitative estimate of drug-likeness (QED) is 0.626. The number of aromatic nitrogens is 1. The number of H-pyrrole nitrogens is 1. The van der Waals surface area contributed by atoms with Crippen LogP contribution in [0.3, 0.4) is 0 Å². The average molecular weight is 504 g/mol. The second-order valence-electron chi connectivity index (χ2n) is 9.94. The third-order valence-corrected chi connectivity index (χ3v) is 11.0. The number of amides is 3. The first-order valence-electron chi connectivity index (χ1n) is 11.0. The Hall–Kier alpha value is -2.10. The Balaban J connectivity index is 1.25. The van der Waals surface area contributed by atoms with Crippen molar-refractivity contribution in [3.63, 3.8) is 0 Å². The van der Waals surface area contributed by atoms with Gasteiger partial charge in [0.05, 0.1) is 16.9 Å². The van der Waals surface area contributed by atoms with Gasteiger partial charge < -0.3 is 10.3 Å². The number of halogens is 1. The van der Waals surface area contributed by atoms with Crippen LogP contribution >= 0.6 is 34.7 Å². The Morgan fingerprint density at radius 1 is 1.15 bits per heavy atom. The normalized spacial score (nSPS) is 33.1. The van der Waals surface area contributed by atoms with Crippen LogP contribution in [-0.2, 0) is 19.8 Å². The Morgan fingerprint density at radius 2 is 1.82 bits per heavy atom. The summed E-state index contributed by atoms with van der Waals surface area (Å²) in [5.74, 6) is -1.23. The van der Waals surface area contributed by atoms with Gasteiger partial charge in [0, 0.05) is 26.3 Å². The topological polar surface area (TPSA) is 99.3 Å². The van der Waals surface area contributed by atoms with Gasteiger partial charge in [-0.3, -0.25) is 24.1 Å². The second-order valence-corrected chi connectivity index (χ2v) is 12.5. The molecule has 4 aliphatic rings. The molecule has 1 aromatic heterocycles. The number of imide groups is 1. The molecule has 0 radical (unpaired) electrons. The van der Waals surface area contributed by atoms with Crippen molar-refractivity contribution in [3.05, 3.63) is 43.8 Å². The van der Waals surface area contributed by atoms with Crippen molar-refractivity contribution in [1.82, 2.24) is 9.88 Å². The van der Waals surface area contributed by atoms with E-state index >= 15 is 0 Å². The Bertz CT molecular complexity index is 1250. The van der Waals surface area contributed by atoms with Gasteiger partial charge in [-0.25, -0.2) is 0 Å². The minimum absolute atomic E-state index is 0.0573. The molecular weight excluding hydrogens is 482 g/mol. The van der Waals surface area contributed by atoms with Crippen LogP contribution in [0.1, 0.15) is 25.1 Å². The molecule has 6 atom stereocenters. The summed E-state index contributed by atoms with van der Waals surface area (Å²) in [6, 6.07) is 6.68. The number of thioether (sulfide) groups is 1. The van der Waals surface area contributed by atoms with Crippen molar-refractivity contribution in [3.8, 4) is 0 Å². The monoisotopic (exact) mass is 503 g/mol. The molecular formula is C23H22ClN3O4S2. The van der Waals surface area contributed by atoms with Crippen LogP contribution in [0.15, 0.2) is 34.1 Å². The van der Waals surface area contributed by atoms with Gasteiger partial charge in [0.1, 0.15) is 6.54 Å². The number of carbonyl (C=O) groups excluding carboxylic acids is 3. The number of likely N-dealkylation sites (tertiary alicyclic amines) is 1. The van der Waals surface area contributed by atoms with Crippen molar-refractivity contribution in [2.75, 3.05) is 11.9 Å². The third-order valence-electron chi connectivity index (χ3n) is 7.91. The Kier molecular flexibility index (Phi) is 4.68. The van der Waals surface area contributed by atoms with Gasteiger partial charge in [0.2, 0.25) is 17.7 Å². The summed E-state index contributed by atoms with van der Waals surface area (Å²) in [4.78, 5) is 56.5. The van der Waals surface area contributed by atoms with Gasteiger partial charge >= 0.3 is 4.87 Å². The van der Waals surface area contributed by atoms with E-state index in [1.165, 1.54) is 11.3 Å². The molecule has 0 unspecified atom stereocenters. The number of benzene rings is 1. The van der Waals surface area contributed by atoms with Crippen molar-refractivity contribution in [1.29, 1.82) is 0 Å². The van der Waals surface area contributed by atoms with E-state index in [0.717, 1.165) is 21.2 Å². The van der Waals surface area contributed by atoms with Gasteiger partial charge in [0.15, 0.2) is 0 Å². The molecule has 10 heteroatoms. The summed E-state index contributed by atoms with van der Waals surface area (Å²) in [6.45, 7) is 4.03. The molecule has 1 aromatic carbocycles. The lowest BCUT2D eigenvalue weighted by Crippen LogP contribution is -2.48. The maximum Gasteiger partial charge on any atom is 0.305 e. The number of anilines is 1. The first-order valence-corrected chi connectivity index (χ1v) is 13.0. The summed E-state index contributed by atoms with van der Waals surface area (Å²) < 4.78 is 0. The van der Waals surface area contributed by atoms with Crippen molar-refractivity contribution in [2.45, 2.75) is 36.0 Å². The van der Waals surface area contributed by atoms with Crippen LogP contribution in [0.25, 0.3) is 0 Å². The van der Waals surface area contributed by atoms with E-state index in [2.05, 4.69) is 24.1 Å². The fourth-order valence-electron chi connectivity index (χ4n) is 6.75. The number of hydrogen-bond acceptors (Lipinski definition) is 6. The number of hydrogen-bond donors (Lipinski definition) is 2. The van der Waals surface area contributed by atoms with E-state index in [9.17, 15) is 19.2 Å². The molecule has 2 bridgehead atoms. The van der Waals surface area contributed by atoms with Crippen LogP contribution in [-0.4, -0.2) is 39.4 Å². The van der Waals surface area contributed by atoms with Gasteiger partial charge in [-0.15, -0.1) is 11.8 Å². The van der Waals surface area contributed by atoms with Crippen molar-refractivity contribution in [2.24, 2.45) is 29.6 Å².